The normalized spacial score (nSPS) is 13.0. The zero-order valence-corrected chi connectivity index (χ0v) is 12.0. The van der Waals surface area contributed by atoms with Gasteiger partial charge in [-0.2, -0.15) is 11.3 Å². The van der Waals surface area contributed by atoms with Gasteiger partial charge in [-0.3, -0.25) is 0 Å². The van der Waals surface area contributed by atoms with Crippen molar-refractivity contribution in [3.8, 4) is 0 Å². The summed E-state index contributed by atoms with van der Waals surface area (Å²) in [5, 5.41) is 7.58. The summed E-state index contributed by atoms with van der Waals surface area (Å²) in [4.78, 5) is 0. The third-order valence-electron chi connectivity index (χ3n) is 2.49. The lowest BCUT2D eigenvalue weighted by Crippen LogP contribution is -2.17. The number of hydrogen-bond acceptors (Lipinski definition) is 3. The van der Waals surface area contributed by atoms with Gasteiger partial charge in [0.1, 0.15) is 0 Å². The van der Waals surface area contributed by atoms with Crippen molar-refractivity contribution in [2.45, 2.75) is 13.0 Å². The van der Waals surface area contributed by atoms with E-state index in [1.165, 1.54) is 22.5 Å². The van der Waals surface area contributed by atoms with Crippen LogP contribution in [0.1, 0.15) is 22.7 Å². The Kier molecular flexibility index (Phi) is 3.93. The number of aryl methyl sites for hydroxylation is 1. The van der Waals surface area contributed by atoms with Gasteiger partial charge in [0.2, 0.25) is 0 Å². The second-order valence-corrected chi connectivity index (χ2v) is 6.54. The van der Waals surface area contributed by atoms with Gasteiger partial charge in [0.05, 0.1) is 14.7 Å². The Bertz CT molecular complexity index is 490. The van der Waals surface area contributed by atoms with Gasteiger partial charge in [-0.1, -0.05) is 23.2 Å². The predicted octanol–water partition coefficient (Wildman–Crippen LogP) is 4.73. The third kappa shape index (κ3) is 2.29. The minimum Gasteiger partial charge on any atom is -0.309 e. The van der Waals surface area contributed by atoms with Crippen LogP contribution >= 0.6 is 45.9 Å². The van der Waals surface area contributed by atoms with Crippen LogP contribution in [0.15, 0.2) is 16.8 Å². The molecule has 0 saturated carbocycles. The molecular weight excluding hydrogens is 281 g/mol. The van der Waals surface area contributed by atoms with E-state index in [2.05, 4.69) is 23.0 Å². The minimum atomic E-state index is 0.127. The molecule has 1 atom stereocenters. The molecule has 0 fully saturated rings. The summed E-state index contributed by atoms with van der Waals surface area (Å²) in [6, 6.07) is 2.06. The van der Waals surface area contributed by atoms with Crippen LogP contribution in [-0.4, -0.2) is 7.05 Å². The maximum atomic E-state index is 6.19. The van der Waals surface area contributed by atoms with E-state index < -0.39 is 0 Å². The summed E-state index contributed by atoms with van der Waals surface area (Å²) >= 11 is 15.3. The van der Waals surface area contributed by atoms with Crippen LogP contribution < -0.4 is 5.32 Å². The average molecular weight is 292 g/mol. The van der Waals surface area contributed by atoms with E-state index in [4.69, 9.17) is 23.2 Å². The molecule has 16 heavy (non-hydrogen) atoms. The van der Waals surface area contributed by atoms with Gasteiger partial charge >= 0.3 is 0 Å². The van der Waals surface area contributed by atoms with Crippen LogP contribution in [0, 0.1) is 6.92 Å². The molecule has 1 N–H and O–H groups in total. The second kappa shape index (κ2) is 5.07. The molecule has 0 bridgehead atoms. The Balaban J connectivity index is 2.44. The highest BCUT2D eigenvalue weighted by Gasteiger charge is 2.19. The van der Waals surface area contributed by atoms with Crippen molar-refractivity contribution in [3.63, 3.8) is 0 Å². The first-order chi connectivity index (χ1) is 7.63. The summed E-state index contributed by atoms with van der Waals surface area (Å²) in [5.74, 6) is 0. The first-order valence-corrected chi connectivity index (χ1v) is 7.29. The summed E-state index contributed by atoms with van der Waals surface area (Å²) in [6.07, 6.45) is 0. The largest absolute Gasteiger partial charge is 0.309 e. The Morgan fingerprint density at radius 3 is 2.44 bits per heavy atom. The number of nitrogens with one attached hydrogen (secondary N) is 1. The van der Waals surface area contributed by atoms with Gasteiger partial charge in [-0.05, 0) is 41.9 Å². The van der Waals surface area contributed by atoms with Crippen molar-refractivity contribution < 1.29 is 0 Å². The van der Waals surface area contributed by atoms with Crippen molar-refractivity contribution in [2.24, 2.45) is 0 Å². The Hall–Kier alpha value is -0.0600. The fraction of sp³-hybridized carbons (Fsp3) is 0.273. The lowest BCUT2D eigenvalue weighted by Gasteiger charge is -2.15. The maximum absolute atomic E-state index is 6.19. The molecule has 1 unspecified atom stereocenters. The average Bonchev–Trinajstić information content (AvgIpc) is 2.77. The fourth-order valence-electron chi connectivity index (χ4n) is 1.69. The second-order valence-electron chi connectivity index (χ2n) is 3.51. The minimum absolute atomic E-state index is 0.127. The topological polar surface area (TPSA) is 12.0 Å². The van der Waals surface area contributed by atoms with Gasteiger partial charge in [0.15, 0.2) is 0 Å². The molecule has 2 aromatic rings. The summed E-state index contributed by atoms with van der Waals surface area (Å²) in [5.41, 5.74) is 3.60. The molecule has 86 valence electrons. The fourth-order valence-corrected chi connectivity index (χ4v) is 4.10. The summed E-state index contributed by atoms with van der Waals surface area (Å²) in [7, 11) is 1.93. The van der Waals surface area contributed by atoms with Crippen molar-refractivity contribution in [1.29, 1.82) is 0 Å². The monoisotopic (exact) mass is 291 g/mol. The molecule has 5 heteroatoms. The lowest BCUT2D eigenvalue weighted by molar-refractivity contribution is 0.693. The zero-order chi connectivity index (χ0) is 11.7. The molecule has 0 radical (unpaired) electrons. The van der Waals surface area contributed by atoms with Gasteiger partial charge in [0.25, 0.3) is 0 Å². The van der Waals surface area contributed by atoms with Crippen LogP contribution in [0.2, 0.25) is 8.67 Å². The van der Waals surface area contributed by atoms with Crippen LogP contribution in [0.3, 0.4) is 0 Å². The molecule has 1 nitrogen and oxygen atoms in total. The number of halogens is 2. The molecule has 0 aliphatic carbocycles. The Morgan fingerprint density at radius 2 is 2.00 bits per heavy atom. The molecule has 2 rings (SSSR count). The summed E-state index contributed by atoms with van der Waals surface area (Å²) in [6.45, 7) is 2.11. The van der Waals surface area contributed by atoms with Crippen molar-refractivity contribution >= 4 is 45.9 Å². The maximum Gasteiger partial charge on any atom is 0.0995 e. The van der Waals surface area contributed by atoms with E-state index in [0.717, 1.165) is 14.2 Å². The van der Waals surface area contributed by atoms with Crippen LogP contribution in [-0.2, 0) is 0 Å². The van der Waals surface area contributed by atoms with Crippen LogP contribution in [0.25, 0.3) is 0 Å². The first kappa shape index (κ1) is 12.4. The first-order valence-electron chi connectivity index (χ1n) is 4.78. The van der Waals surface area contributed by atoms with Crippen LogP contribution in [0.4, 0.5) is 0 Å². The third-order valence-corrected chi connectivity index (χ3v) is 4.89. The smallest absolute Gasteiger partial charge is 0.0995 e. The van der Waals surface area contributed by atoms with Crippen molar-refractivity contribution in [1.82, 2.24) is 5.32 Å². The Labute approximate surface area is 113 Å². The molecular formula is C11H11Cl2NS2. The molecule has 0 aliphatic heterocycles. The quantitative estimate of drug-likeness (QED) is 0.862. The summed E-state index contributed by atoms with van der Waals surface area (Å²) < 4.78 is 1.49. The molecule has 0 spiro atoms. The highest BCUT2D eigenvalue weighted by molar-refractivity contribution is 7.20. The lowest BCUT2D eigenvalue weighted by atomic mass is 10.0. The van der Waals surface area contributed by atoms with Crippen molar-refractivity contribution in [3.05, 3.63) is 42.2 Å². The molecule has 2 heterocycles. The van der Waals surface area contributed by atoms with Crippen molar-refractivity contribution in [2.75, 3.05) is 7.05 Å². The molecule has 2 aromatic heterocycles. The van der Waals surface area contributed by atoms with Gasteiger partial charge < -0.3 is 5.32 Å². The van der Waals surface area contributed by atoms with E-state index in [1.54, 1.807) is 11.3 Å². The number of thiophene rings is 2. The zero-order valence-electron chi connectivity index (χ0n) is 8.88. The predicted molar refractivity (Wildman–Crippen MR) is 74.3 cm³/mol. The number of hydrogen-bond donors (Lipinski definition) is 1. The Morgan fingerprint density at radius 1 is 1.25 bits per heavy atom. The highest BCUT2D eigenvalue weighted by atomic mass is 35.5. The SMILES string of the molecule is CNC(c1cscc1C)c1cc(Cl)sc1Cl. The van der Waals surface area contributed by atoms with E-state index in [0.29, 0.717) is 0 Å². The number of rotatable bonds is 3. The van der Waals surface area contributed by atoms with E-state index >= 15 is 0 Å². The molecule has 0 aliphatic rings. The highest BCUT2D eigenvalue weighted by Crippen LogP contribution is 2.38. The van der Waals surface area contributed by atoms with E-state index in [-0.39, 0.29) is 6.04 Å². The van der Waals surface area contributed by atoms with Crippen LogP contribution in [0.5, 0.6) is 0 Å². The standard InChI is InChI=1S/C11H11Cl2NS2/c1-6-4-15-5-8(6)10(14-2)7-3-9(12)16-11(7)13/h3-5,10,14H,1-2H3. The van der Waals surface area contributed by atoms with Gasteiger partial charge in [-0.15, -0.1) is 11.3 Å². The van der Waals surface area contributed by atoms with E-state index in [1.807, 2.05) is 13.1 Å². The molecule has 0 amide bonds. The van der Waals surface area contributed by atoms with E-state index in [9.17, 15) is 0 Å². The van der Waals surface area contributed by atoms with Gasteiger partial charge in [0, 0.05) is 5.56 Å². The molecule has 0 saturated heterocycles. The van der Waals surface area contributed by atoms with Gasteiger partial charge in [-0.25, -0.2) is 0 Å². The molecule has 0 aromatic carbocycles.